The van der Waals surface area contributed by atoms with Crippen molar-refractivity contribution in [2.45, 2.75) is 30.8 Å². The van der Waals surface area contributed by atoms with Gasteiger partial charge in [-0.2, -0.15) is 0 Å². The van der Waals surface area contributed by atoms with Gasteiger partial charge in [0.15, 0.2) is 0 Å². The summed E-state index contributed by atoms with van der Waals surface area (Å²) in [6.07, 6.45) is 3.73. The molecule has 1 aromatic carbocycles. The first kappa shape index (κ1) is 15.8. The monoisotopic (exact) mass is 342 g/mol. The van der Waals surface area contributed by atoms with E-state index in [1.54, 1.807) is 6.26 Å². The van der Waals surface area contributed by atoms with Crippen LogP contribution in [0.25, 0.3) is 0 Å². The van der Waals surface area contributed by atoms with Gasteiger partial charge in [-0.25, -0.2) is 0 Å². The maximum atomic E-state index is 12.4. The zero-order valence-corrected chi connectivity index (χ0v) is 14.5. The van der Waals surface area contributed by atoms with Crippen LogP contribution in [0.1, 0.15) is 24.2 Å². The molecule has 0 radical (unpaired) electrons. The second-order valence-electron chi connectivity index (χ2n) is 6.56. The van der Waals surface area contributed by atoms with E-state index in [2.05, 4.69) is 40.1 Å². The van der Waals surface area contributed by atoms with E-state index >= 15 is 0 Å². The van der Waals surface area contributed by atoms with Crippen LogP contribution in [0.2, 0.25) is 0 Å². The van der Waals surface area contributed by atoms with Crippen molar-refractivity contribution in [3.8, 4) is 0 Å². The van der Waals surface area contributed by atoms with Crippen molar-refractivity contribution in [2.75, 3.05) is 18.8 Å². The van der Waals surface area contributed by atoms with E-state index in [9.17, 15) is 4.79 Å². The summed E-state index contributed by atoms with van der Waals surface area (Å²) in [6, 6.07) is 14.5. The number of furan rings is 1. The van der Waals surface area contributed by atoms with E-state index in [1.165, 1.54) is 5.56 Å². The second-order valence-corrected chi connectivity index (χ2v) is 7.89. The summed E-state index contributed by atoms with van der Waals surface area (Å²) < 4.78 is 5.46. The molecule has 2 aliphatic heterocycles. The Bertz CT molecular complexity index is 679. The largest absolute Gasteiger partial charge is 0.467 e. The Balaban J connectivity index is 1.42. The fraction of sp³-hybridized carbons (Fsp3) is 0.421. The first-order valence-electron chi connectivity index (χ1n) is 8.48. The second kappa shape index (κ2) is 6.65. The molecule has 3 heterocycles. The van der Waals surface area contributed by atoms with Gasteiger partial charge in [-0.3, -0.25) is 9.69 Å². The average molecular weight is 342 g/mol. The third-order valence-corrected chi connectivity index (χ3v) is 6.59. The molecular formula is C19H22N2O2S. The third kappa shape index (κ3) is 3.10. The van der Waals surface area contributed by atoms with E-state index in [1.807, 2.05) is 23.9 Å². The molecule has 0 atom stereocenters. The molecule has 0 aliphatic carbocycles. The molecule has 24 heavy (non-hydrogen) atoms. The van der Waals surface area contributed by atoms with E-state index in [0.717, 1.165) is 38.2 Å². The van der Waals surface area contributed by atoms with Gasteiger partial charge in [-0.05, 0) is 30.5 Å². The Labute approximate surface area is 146 Å². The summed E-state index contributed by atoms with van der Waals surface area (Å²) in [4.78, 5) is 16.9. The standard InChI is InChI=1S/C19H22N2O2S/c22-18-15-24-19(21(18)14-17-7-4-12-23-17)8-10-20(11-9-19)13-16-5-2-1-3-6-16/h1-7,12H,8-11,13-15H2. The van der Waals surface area contributed by atoms with E-state index in [-0.39, 0.29) is 10.8 Å². The lowest BCUT2D eigenvalue weighted by molar-refractivity contribution is -0.132. The van der Waals surface area contributed by atoms with Gasteiger partial charge in [0.25, 0.3) is 0 Å². The van der Waals surface area contributed by atoms with Crippen LogP contribution in [0.3, 0.4) is 0 Å². The number of thioether (sulfide) groups is 1. The molecule has 0 bridgehead atoms. The molecule has 2 aromatic rings. The summed E-state index contributed by atoms with van der Waals surface area (Å²) in [5.74, 6) is 1.71. The number of likely N-dealkylation sites (tertiary alicyclic amines) is 1. The zero-order valence-electron chi connectivity index (χ0n) is 13.7. The van der Waals surface area contributed by atoms with Crippen molar-refractivity contribution < 1.29 is 9.21 Å². The van der Waals surface area contributed by atoms with Crippen molar-refractivity contribution in [1.29, 1.82) is 0 Å². The summed E-state index contributed by atoms with van der Waals surface area (Å²) in [7, 11) is 0. The van der Waals surface area contributed by atoms with Crippen LogP contribution in [-0.2, 0) is 17.9 Å². The minimum Gasteiger partial charge on any atom is -0.467 e. The van der Waals surface area contributed by atoms with Gasteiger partial charge in [0.1, 0.15) is 5.76 Å². The summed E-state index contributed by atoms with van der Waals surface area (Å²) >= 11 is 1.82. The number of nitrogens with zero attached hydrogens (tertiary/aromatic N) is 2. The lowest BCUT2D eigenvalue weighted by Crippen LogP contribution is -2.51. The number of rotatable bonds is 4. The predicted molar refractivity (Wildman–Crippen MR) is 95.4 cm³/mol. The number of carbonyl (C=O) groups excluding carboxylic acids is 1. The van der Waals surface area contributed by atoms with E-state index in [4.69, 9.17) is 4.42 Å². The third-order valence-electron chi connectivity index (χ3n) is 5.04. The zero-order chi connectivity index (χ0) is 16.4. The van der Waals surface area contributed by atoms with Crippen LogP contribution in [0.15, 0.2) is 53.1 Å². The molecule has 0 N–H and O–H groups in total. The van der Waals surface area contributed by atoms with E-state index < -0.39 is 0 Å². The molecule has 1 spiro atoms. The Hall–Kier alpha value is -1.72. The fourth-order valence-corrected chi connectivity index (χ4v) is 5.03. The summed E-state index contributed by atoms with van der Waals surface area (Å²) in [5, 5.41) is 0. The maximum absolute atomic E-state index is 12.4. The number of hydrogen-bond donors (Lipinski definition) is 0. The topological polar surface area (TPSA) is 36.7 Å². The number of amides is 1. The quantitative estimate of drug-likeness (QED) is 0.854. The van der Waals surface area contributed by atoms with Gasteiger partial charge in [0.05, 0.1) is 23.4 Å². The van der Waals surface area contributed by atoms with Crippen molar-refractivity contribution >= 4 is 17.7 Å². The highest BCUT2D eigenvalue weighted by Gasteiger charge is 2.47. The van der Waals surface area contributed by atoms with Gasteiger partial charge in [0.2, 0.25) is 5.91 Å². The van der Waals surface area contributed by atoms with Gasteiger partial charge < -0.3 is 9.32 Å². The SMILES string of the molecule is O=C1CSC2(CCN(Cc3ccccc3)CC2)N1Cc1ccco1. The molecule has 126 valence electrons. The Morgan fingerprint density at radius 1 is 1.04 bits per heavy atom. The minimum atomic E-state index is -0.0446. The number of hydrogen-bond acceptors (Lipinski definition) is 4. The molecule has 2 saturated heterocycles. The summed E-state index contributed by atoms with van der Waals surface area (Å²) in [6.45, 7) is 3.65. The lowest BCUT2D eigenvalue weighted by atomic mass is 10.0. The molecule has 2 fully saturated rings. The minimum absolute atomic E-state index is 0.0446. The van der Waals surface area contributed by atoms with Crippen LogP contribution >= 0.6 is 11.8 Å². The lowest BCUT2D eigenvalue weighted by Gasteiger charge is -2.43. The predicted octanol–water partition coefficient (Wildman–Crippen LogP) is 3.35. The first-order valence-corrected chi connectivity index (χ1v) is 9.47. The molecule has 4 rings (SSSR count). The highest BCUT2D eigenvalue weighted by Crippen LogP contribution is 2.45. The molecule has 2 aliphatic rings. The van der Waals surface area contributed by atoms with Crippen LogP contribution < -0.4 is 0 Å². The first-order chi connectivity index (χ1) is 11.8. The Kier molecular flexibility index (Phi) is 4.37. The van der Waals surface area contributed by atoms with Crippen LogP contribution in [0.4, 0.5) is 0 Å². The van der Waals surface area contributed by atoms with Crippen molar-refractivity contribution in [1.82, 2.24) is 9.80 Å². The van der Waals surface area contributed by atoms with E-state index in [0.29, 0.717) is 12.3 Å². The Morgan fingerprint density at radius 3 is 2.54 bits per heavy atom. The number of piperidine rings is 1. The molecular weight excluding hydrogens is 320 g/mol. The molecule has 0 saturated carbocycles. The Morgan fingerprint density at radius 2 is 1.83 bits per heavy atom. The highest BCUT2D eigenvalue weighted by atomic mass is 32.2. The molecule has 0 unspecified atom stereocenters. The fourth-order valence-electron chi connectivity index (χ4n) is 3.69. The maximum Gasteiger partial charge on any atom is 0.234 e. The number of benzene rings is 1. The number of carbonyl (C=O) groups is 1. The van der Waals surface area contributed by atoms with Crippen LogP contribution in [-0.4, -0.2) is 39.4 Å². The molecule has 1 amide bonds. The summed E-state index contributed by atoms with van der Waals surface area (Å²) in [5.41, 5.74) is 1.36. The van der Waals surface area contributed by atoms with Crippen LogP contribution in [0.5, 0.6) is 0 Å². The highest BCUT2D eigenvalue weighted by molar-refractivity contribution is 8.01. The van der Waals surface area contributed by atoms with Gasteiger partial charge in [0, 0.05) is 19.6 Å². The van der Waals surface area contributed by atoms with Gasteiger partial charge in [-0.15, -0.1) is 11.8 Å². The van der Waals surface area contributed by atoms with Crippen molar-refractivity contribution in [3.63, 3.8) is 0 Å². The van der Waals surface area contributed by atoms with Crippen LogP contribution in [0, 0.1) is 0 Å². The molecule has 1 aromatic heterocycles. The van der Waals surface area contributed by atoms with Gasteiger partial charge >= 0.3 is 0 Å². The normalized spacial score (nSPS) is 20.8. The van der Waals surface area contributed by atoms with Gasteiger partial charge in [-0.1, -0.05) is 30.3 Å². The molecule has 5 heteroatoms. The smallest absolute Gasteiger partial charge is 0.234 e. The van der Waals surface area contributed by atoms with Crippen molar-refractivity contribution in [3.05, 3.63) is 60.1 Å². The van der Waals surface area contributed by atoms with Crippen molar-refractivity contribution in [2.24, 2.45) is 0 Å². The molecule has 4 nitrogen and oxygen atoms in total. The average Bonchev–Trinajstić information content (AvgIpc) is 3.23.